The fourth-order valence-corrected chi connectivity index (χ4v) is 3.03. The standard InChI is InChI=1S/C21H19FN6O/c1-15-25-20(26-28(15)19-8-6-18(22)7-9-19)21(29)24-12-16-4-2-3-5-17(16)13-27-11-10-23-14-27/h2-11,14H,12-13H2,1H3,(H,24,29). The molecule has 0 bridgehead atoms. The van der Waals surface area contributed by atoms with E-state index in [1.165, 1.54) is 16.8 Å². The van der Waals surface area contributed by atoms with Crippen LogP contribution in [-0.2, 0) is 13.1 Å². The minimum atomic E-state index is -0.369. The van der Waals surface area contributed by atoms with Gasteiger partial charge in [-0.2, -0.15) is 0 Å². The Hall–Kier alpha value is -3.81. The number of aryl methyl sites for hydroxylation is 1. The maximum Gasteiger partial charge on any atom is 0.291 e. The van der Waals surface area contributed by atoms with Gasteiger partial charge in [0.25, 0.3) is 5.91 Å². The van der Waals surface area contributed by atoms with E-state index in [-0.39, 0.29) is 17.5 Å². The molecule has 2 heterocycles. The van der Waals surface area contributed by atoms with Gasteiger partial charge in [0.1, 0.15) is 11.6 Å². The van der Waals surface area contributed by atoms with Gasteiger partial charge < -0.3 is 9.88 Å². The molecule has 0 atom stereocenters. The van der Waals surface area contributed by atoms with Crippen LogP contribution in [-0.4, -0.2) is 30.2 Å². The van der Waals surface area contributed by atoms with E-state index >= 15 is 0 Å². The molecule has 0 saturated carbocycles. The van der Waals surface area contributed by atoms with Crippen LogP contribution >= 0.6 is 0 Å². The lowest BCUT2D eigenvalue weighted by Gasteiger charge is -2.10. The second kappa shape index (κ2) is 8.05. The molecule has 29 heavy (non-hydrogen) atoms. The van der Waals surface area contributed by atoms with Crippen LogP contribution < -0.4 is 5.32 Å². The number of rotatable bonds is 6. The molecule has 7 nitrogen and oxygen atoms in total. The molecule has 2 aromatic carbocycles. The van der Waals surface area contributed by atoms with Gasteiger partial charge >= 0.3 is 0 Å². The minimum absolute atomic E-state index is 0.0684. The molecule has 0 aliphatic heterocycles. The highest BCUT2D eigenvalue weighted by atomic mass is 19.1. The molecule has 146 valence electrons. The molecule has 2 aromatic heterocycles. The Morgan fingerprint density at radius 2 is 1.86 bits per heavy atom. The van der Waals surface area contributed by atoms with Gasteiger partial charge in [-0.1, -0.05) is 24.3 Å². The van der Waals surface area contributed by atoms with Crippen molar-refractivity contribution < 1.29 is 9.18 Å². The molecule has 4 aromatic rings. The Morgan fingerprint density at radius 1 is 1.10 bits per heavy atom. The van der Waals surface area contributed by atoms with Crippen molar-refractivity contribution in [3.05, 3.63) is 95.8 Å². The van der Waals surface area contributed by atoms with Crippen molar-refractivity contribution in [1.29, 1.82) is 0 Å². The largest absolute Gasteiger partial charge is 0.345 e. The second-order valence-electron chi connectivity index (χ2n) is 6.56. The van der Waals surface area contributed by atoms with Crippen LogP contribution in [0.4, 0.5) is 4.39 Å². The van der Waals surface area contributed by atoms with E-state index in [2.05, 4.69) is 20.4 Å². The molecule has 4 rings (SSSR count). The number of nitrogens with zero attached hydrogens (tertiary/aromatic N) is 5. The summed E-state index contributed by atoms with van der Waals surface area (Å²) in [6.07, 6.45) is 5.38. The first-order valence-electron chi connectivity index (χ1n) is 9.10. The van der Waals surface area contributed by atoms with E-state index < -0.39 is 0 Å². The minimum Gasteiger partial charge on any atom is -0.345 e. The first kappa shape index (κ1) is 18.5. The predicted octanol–water partition coefficient (Wildman–Crippen LogP) is 2.89. The van der Waals surface area contributed by atoms with E-state index in [0.29, 0.717) is 24.6 Å². The molecule has 1 N–H and O–H groups in total. The van der Waals surface area contributed by atoms with Gasteiger partial charge in [-0.05, 0) is 42.3 Å². The van der Waals surface area contributed by atoms with Crippen LogP contribution in [0.5, 0.6) is 0 Å². The molecule has 0 spiro atoms. The van der Waals surface area contributed by atoms with E-state index in [1.807, 2.05) is 35.0 Å². The maximum atomic E-state index is 13.1. The third-order valence-corrected chi connectivity index (χ3v) is 4.51. The smallest absolute Gasteiger partial charge is 0.291 e. The highest BCUT2D eigenvalue weighted by Crippen LogP contribution is 2.12. The Labute approximate surface area is 166 Å². The molecule has 0 saturated heterocycles. The van der Waals surface area contributed by atoms with Crippen molar-refractivity contribution in [2.24, 2.45) is 0 Å². The number of hydrogen-bond acceptors (Lipinski definition) is 4. The molecular formula is C21H19FN6O. The molecule has 0 unspecified atom stereocenters. The SMILES string of the molecule is Cc1nc(C(=O)NCc2ccccc2Cn2ccnc2)nn1-c1ccc(F)cc1. The zero-order valence-electron chi connectivity index (χ0n) is 15.8. The van der Waals surface area contributed by atoms with E-state index in [1.54, 1.807) is 31.6 Å². The van der Waals surface area contributed by atoms with Crippen molar-refractivity contribution >= 4 is 5.91 Å². The molecule has 0 fully saturated rings. The quantitative estimate of drug-likeness (QED) is 0.549. The third-order valence-electron chi connectivity index (χ3n) is 4.51. The second-order valence-corrected chi connectivity index (χ2v) is 6.56. The number of halogens is 1. The first-order chi connectivity index (χ1) is 14.1. The maximum absolute atomic E-state index is 13.1. The Bertz CT molecular complexity index is 1120. The lowest BCUT2D eigenvalue weighted by Crippen LogP contribution is -2.25. The number of hydrogen-bond donors (Lipinski definition) is 1. The number of nitrogens with one attached hydrogen (secondary N) is 1. The molecular weight excluding hydrogens is 371 g/mol. The molecule has 1 amide bonds. The van der Waals surface area contributed by atoms with Crippen molar-refractivity contribution in [2.75, 3.05) is 0 Å². The topological polar surface area (TPSA) is 77.6 Å². The van der Waals surface area contributed by atoms with E-state index in [9.17, 15) is 9.18 Å². The van der Waals surface area contributed by atoms with Crippen molar-refractivity contribution in [3.8, 4) is 5.69 Å². The van der Waals surface area contributed by atoms with Crippen LogP contribution in [0.25, 0.3) is 5.69 Å². The number of imidazole rings is 1. The van der Waals surface area contributed by atoms with E-state index in [4.69, 9.17) is 0 Å². The highest BCUT2D eigenvalue weighted by Gasteiger charge is 2.15. The molecule has 0 aliphatic rings. The van der Waals surface area contributed by atoms with Crippen molar-refractivity contribution in [2.45, 2.75) is 20.0 Å². The number of amides is 1. The summed E-state index contributed by atoms with van der Waals surface area (Å²) in [6, 6.07) is 13.8. The predicted molar refractivity (Wildman–Crippen MR) is 105 cm³/mol. The van der Waals surface area contributed by atoms with Crippen LogP contribution in [0.2, 0.25) is 0 Å². The molecule has 8 heteroatoms. The van der Waals surface area contributed by atoms with Crippen LogP contribution in [0, 0.1) is 12.7 Å². The monoisotopic (exact) mass is 390 g/mol. The zero-order chi connectivity index (χ0) is 20.2. The van der Waals surface area contributed by atoms with Crippen molar-refractivity contribution in [3.63, 3.8) is 0 Å². The van der Waals surface area contributed by atoms with Crippen LogP contribution in [0.1, 0.15) is 27.6 Å². The number of carbonyl (C=O) groups is 1. The summed E-state index contributed by atoms with van der Waals surface area (Å²) < 4.78 is 16.6. The fraction of sp³-hybridized carbons (Fsp3) is 0.143. The number of carbonyl (C=O) groups excluding carboxylic acids is 1. The summed E-state index contributed by atoms with van der Waals surface area (Å²) in [5.41, 5.74) is 2.73. The van der Waals surface area contributed by atoms with Gasteiger partial charge in [0.2, 0.25) is 5.82 Å². The molecule has 0 radical (unpaired) electrons. The Kier molecular flexibility index (Phi) is 5.15. The van der Waals surface area contributed by atoms with Crippen LogP contribution in [0.15, 0.2) is 67.3 Å². The summed E-state index contributed by atoms with van der Waals surface area (Å²) in [4.78, 5) is 20.9. The number of aromatic nitrogens is 5. The van der Waals surface area contributed by atoms with Crippen LogP contribution in [0.3, 0.4) is 0 Å². The fourth-order valence-electron chi connectivity index (χ4n) is 3.03. The lowest BCUT2D eigenvalue weighted by molar-refractivity contribution is 0.0940. The average molecular weight is 390 g/mol. The normalized spacial score (nSPS) is 10.8. The summed E-state index contributed by atoms with van der Waals surface area (Å²) in [7, 11) is 0. The Balaban J connectivity index is 1.47. The van der Waals surface area contributed by atoms with E-state index in [0.717, 1.165) is 11.1 Å². The highest BCUT2D eigenvalue weighted by molar-refractivity contribution is 5.90. The van der Waals surface area contributed by atoms with Gasteiger partial charge in [-0.15, -0.1) is 5.10 Å². The summed E-state index contributed by atoms with van der Waals surface area (Å²) >= 11 is 0. The van der Waals surface area contributed by atoms with Crippen molar-refractivity contribution in [1.82, 2.24) is 29.6 Å². The average Bonchev–Trinajstić information content (AvgIpc) is 3.37. The van der Waals surface area contributed by atoms with Gasteiger partial charge in [0, 0.05) is 25.5 Å². The zero-order valence-corrected chi connectivity index (χ0v) is 15.8. The van der Waals surface area contributed by atoms with Gasteiger partial charge in [-0.3, -0.25) is 4.79 Å². The third kappa shape index (κ3) is 4.21. The summed E-state index contributed by atoms with van der Waals surface area (Å²) in [5.74, 6) is -0.0913. The summed E-state index contributed by atoms with van der Waals surface area (Å²) in [6.45, 7) is 2.77. The Morgan fingerprint density at radius 3 is 2.59 bits per heavy atom. The van der Waals surface area contributed by atoms with Gasteiger partial charge in [0.15, 0.2) is 0 Å². The summed E-state index contributed by atoms with van der Waals surface area (Å²) in [5, 5.41) is 7.14. The van der Waals surface area contributed by atoms with Gasteiger partial charge in [-0.25, -0.2) is 19.0 Å². The lowest BCUT2D eigenvalue weighted by atomic mass is 10.1. The van der Waals surface area contributed by atoms with Gasteiger partial charge in [0.05, 0.1) is 12.0 Å². The number of benzene rings is 2. The molecule has 0 aliphatic carbocycles. The first-order valence-corrected chi connectivity index (χ1v) is 9.10.